The number of hydrogen-bond acceptors (Lipinski definition) is 4. The third-order valence-corrected chi connectivity index (χ3v) is 3.87. The SMILES string of the molecule is Cc1cc([C@H]2CCCN2C(=O)c2c(Cl)cnn2C)no1. The summed E-state index contributed by atoms with van der Waals surface area (Å²) in [7, 11) is 1.71. The van der Waals surface area contributed by atoms with Crippen LogP contribution < -0.4 is 0 Å². The molecule has 1 fully saturated rings. The van der Waals surface area contributed by atoms with Crippen molar-refractivity contribution < 1.29 is 9.32 Å². The first-order chi connectivity index (χ1) is 9.58. The third kappa shape index (κ3) is 2.10. The highest BCUT2D eigenvalue weighted by atomic mass is 35.5. The summed E-state index contributed by atoms with van der Waals surface area (Å²) in [6.45, 7) is 2.53. The Balaban J connectivity index is 1.91. The number of nitrogens with zero attached hydrogens (tertiary/aromatic N) is 4. The van der Waals surface area contributed by atoms with Crippen LogP contribution >= 0.6 is 11.6 Å². The Kier molecular flexibility index (Phi) is 3.25. The molecule has 1 saturated heterocycles. The molecule has 3 heterocycles. The Bertz CT molecular complexity index is 629. The summed E-state index contributed by atoms with van der Waals surface area (Å²) in [6, 6.07) is 1.83. The highest BCUT2D eigenvalue weighted by Crippen LogP contribution is 2.33. The van der Waals surface area contributed by atoms with Crippen LogP contribution in [0.1, 0.15) is 40.8 Å². The van der Waals surface area contributed by atoms with Gasteiger partial charge < -0.3 is 9.42 Å². The summed E-state index contributed by atoms with van der Waals surface area (Å²) >= 11 is 6.05. The van der Waals surface area contributed by atoms with Gasteiger partial charge in [0.2, 0.25) is 0 Å². The van der Waals surface area contributed by atoms with Gasteiger partial charge in [-0.25, -0.2) is 0 Å². The minimum atomic E-state index is -0.113. The lowest BCUT2D eigenvalue weighted by molar-refractivity contribution is 0.0720. The molecule has 1 atom stereocenters. The molecule has 106 valence electrons. The standard InChI is InChI=1S/C13H15ClN4O2/c1-8-6-10(16-20-8)11-4-3-5-18(11)13(19)12-9(14)7-15-17(12)2/h6-7,11H,3-5H2,1-2H3/t11-/m1/s1. The Labute approximate surface area is 121 Å². The lowest BCUT2D eigenvalue weighted by Gasteiger charge is -2.23. The van der Waals surface area contributed by atoms with Crippen molar-refractivity contribution in [3.63, 3.8) is 0 Å². The van der Waals surface area contributed by atoms with E-state index in [-0.39, 0.29) is 11.9 Å². The van der Waals surface area contributed by atoms with E-state index in [4.69, 9.17) is 16.1 Å². The number of carbonyl (C=O) groups excluding carboxylic acids is 1. The molecule has 1 aliphatic heterocycles. The molecule has 0 radical (unpaired) electrons. The topological polar surface area (TPSA) is 64.2 Å². The van der Waals surface area contributed by atoms with Gasteiger partial charge in [-0.15, -0.1) is 0 Å². The minimum absolute atomic E-state index is 0.0501. The lowest BCUT2D eigenvalue weighted by Crippen LogP contribution is -2.32. The van der Waals surface area contributed by atoms with Crippen LogP contribution in [0.25, 0.3) is 0 Å². The zero-order valence-corrected chi connectivity index (χ0v) is 12.1. The number of aryl methyl sites for hydroxylation is 2. The lowest BCUT2D eigenvalue weighted by atomic mass is 10.1. The van der Waals surface area contributed by atoms with Gasteiger partial charge in [-0.3, -0.25) is 9.48 Å². The van der Waals surface area contributed by atoms with E-state index >= 15 is 0 Å². The zero-order valence-electron chi connectivity index (χ0n) is 11.3. The average molecular weight is 295 g/mol. The van der Waals surface area contributed by atoms with Crippen molar-refractivity contribution in [1.29, 1.82) is 0 Å². The molecule has 2 aromatic heterocycles. The molecular formula is C13H15ClN4O2. The normalized spacial score (nSPS) is 18.8. The first-order valence-electron chi connectivity index (χ1n) is 6.49. The smallest absolute Gasteiger partial charge is 0.274 e. The maximum atomic E-state index is 12.7. The Morgan fingerprint density at radius 3 is 2.95 bits per heavy atom. The summed E-state index contributed by atoms with van der Waals surface area (Å²) in [5.74, 6) is 0.635. The predicted octanol–water partition coefficient (Wildman–Crippen LogP) is 2.35. The first-order valence-corrected chi connectivity index (χ1v) is 6.87. The molecule has 1 amide bonds. The average Bonchev–Trinajstić information content (AvgIpc) is 3.09. The van der Waals surface area contributed by atoms with E-state index in [1.807, 2.05) is 13.0 Å². The largest absolute Gasteiger partial charge is 0.361 e. The monoisotopic (exact) mass is 294 g/mol. The number of rotatable bonds is 2. The molecule has 1 aliphatic rings. The summed E-state index contributed by atoms with van der Waals surface area (Å²) in [5, 5.41) is 8.42. The fourth-order valence-corrected chi connectivity index (χ4v) is 2.89. The second kappa shape index (κ2) is 4.94. The van der Waals surface area contributed by atoms with E-state index in [1.54, 1.807) is 11.9 Å². The highest BCUT2D eigenvalue weighted by Gasteiger charge is 2.34. The van der Waals surface area contributed by atoms with Gasteiger partial charge in [0.25, 0.3) is 5.91 Å². The summed E-state index contributed by atoms with van der Waals surface area (Å²) in [6.07, 6.45) is 3.31. The quantitative estimate of drug-likeness (QED) is 0.853. The van der Waals surface area contributed by atoms with Crippen molar-refractivity contribution >= 4 is 17.5 Å². The van der Waals surface area contributed by atoms with Gasteiger partial charge in [0.15, 0.2) is 0 Å². The Morgan fingerprint density at radius 1 is 1.55 bits per heavy atom. The second-order valence-corrected chi connectivity index (χ2v) is 5.39. The van der Waals surface area contributed by atoms with E-state index < -0.39 is 0 Å². The van der Waals surface area contributed by atoms with Gasteiger partial charge in [0, 0.05) is 19.7 Å². The number of hydrogen-bond donors (Lipinski definition) is 0. The molecule has 0 aromatic carbocycles. The van der Waals surface area contributed by atoms with Crippen LogP contribution in [-0.4, -0.2) is 32.3 Å². The third-order valence-electron chi connectivity index (χ3n) is 3.60. The molecule has 7 heteroatoms. The molecule has 0 aliphatic carbocycles. The van der Waals surface area contributed by atoms with Crippen LogP contribution in [0.3, 0.4) is 0 Å². The van der Waals surface area contributed by atoms with Crippen LogP contribution in [0.5, 0.6) is 0 Å². The highest BCUT2D eigenvalue weighted by molar-refractivity contribution is 6.33. The van der Waals surface area contributed by atoms with Crippen molar-refractivity contribution in [1.82, 2.24) is 19.8 Å². The van der Waals surface area contributed by atoms with Crippen LogP contribution in [0, 0.1) is 6.92 Å². The van der Waals surface area contributed by atoms with Crippen LogP contribution in [0.2, 0.25) is 5.02 Å². The van der Waals surface area contributed by atoms with E-state index in [2.05, 4.69) is 10.3 Å². The maximum absolute atomic E-state index is 12.7. The number of amides is 1. The van der Waals surface area contributed by atoms with Gasteiger partial charge in [-0.05, 0) is 19.8 Å². The fourth-order valence-electron chi connectivity index (χ4n) is 2.65. The summed E-state index contributed by atoms with van der Waals surface area (Å²) < 4.78 is 6.62. The first kappa shape index (κ1) is 13.2. The maximum Gasteiger partial charge on any atom is 0.274 e. The number of likely N-dealkylation sites (tertiary alicyclic amines) is 1. The van der Waals surface area contributed by atoms with E-state index in [1.165, 1.54) is 10.9 Å². The van der Waals surface area contributed by atoms with Crippen molar-refractivity contribution in [2.75, 3.05) is 6.54 Å². The molecule has 0 saturated carbocycles. The predicted molar refractivity (Wildman–Crippen MR) is 72.5 cm³/mol. The van der Waals surface area contributed by atoms with Crippen molar-refractivity contribution in [3.05, 3.63) is 34.4 Å². The van der Waals surface area contributed by atoms with Gasteiger partial charge in [-0.2, -0.15) is 5.10 Å². The van der Waals surface area contributed by atoms with Gasteiger partial charge in [0.05, 0.1) is 17.3 Å². The van der Waals surface area contributed by atoms with Gasteiger partial charge in [-0.1, -0.05) is 16.8 Å². The van der Waals surface area contributed by atoms with Crippen LogP contribution in [-0.2, 0) is 7.05 Å². The molecule has 20 heavy (non-hydrogen) atoms. The molecule has 0 N–H and O–H groups in total. The minimum Gasteiger partial charge on any atom is -0.361 e. The van der Waals surface area contributed by atoms with E-state index in [0.29, 0.717) is 17.3 Å². The van der Waals surface area contributed by atoms with Gasteiger partial charge >= 0.3 is 0 Å². The zero-order chi connectivity index (χ0) is 14.3. The molecular weight excluding hydrogens is 280 g/mol. The number of halogens is 1. The van der Waals surface area contributed by atoms with E-state index in [9.17, 15) is 4.79 Å². The van der Waals surface area contributed by atoms with E-state index in [0.717, 1.165) is 24.3 Å². The van der Waals surface area contributed by atoms with Gasteiger partial charge in [0.1, 0.15) is 17.1 Å². The van der Waals surface area contributed by atoms with Crippen LogP contribution in [0.4, 0.5) is 0 Å². The molecule has 2 aromatic rings. The Morgan fingerprint density at radius 2 is 2.35 bits per heavy atom. The van der Waals surface area contributed by atoms with Crippen molar-refractivity contribution in [2.24, 2.45) is 7.05 Å². The number of aromatic nitrogens is 3. The van der Waals surface area contributed by atoms with Crippen molar-refractivity contribution in [2.45, 2.75) is 25.8 Å². The summed E-state index contributed by atoms with van der Waals surface area (Å²) in [4.78, 5) is 14.5. The Hall–Kier alpha value is -1.82. The number of carbonyl (C=O) groups is 1. The molecule has 3 rings (SSSR count). The molecule has 0 spiro atoms. The second-order valence-electron chi connectivity index (χ2n) is 4.98. The molecule has 0 unspecified atom stereocenters. The summed E-state index contributed by atoms with van der Waals surface area (Å²) in [5.41, 5.74) is 1.21. The van der Waals surface area contributed by atoms with Crippen molar-refractivity contribution in [3.8, 4) is 0 Å². The fraction of sp³-hybridized carbons (Fsp3) is 0.462. The molecule has 6 nitrogen and oxygen atoms in total. The van der Waals surface area contributed by atoms with Crippen LogP contribution in [0.15, 0.2) is 16.8 Å². The molecule has 0 bridgehead atoms.